The molecule has 0 radical (unpaired) electrons. The Morgan fingerprint density at radius 1 is 0.933 bits per heavy atom. The number of amides is 3. The van der Waals surface area contributed by atoms with Gasteiger partial charge in [0, 0.05) is 16.2 Å². The first-order valence-corrected chi connectivity index (χ1v) is 9.72. The van der Waals surface area contributed by atoms with Crippen LogP contribution in [0.2, 0.25) is 0 Å². The molecule has 3 amide bonds. The number of alkyl carbamates (subject to hydrolysis) is 2. The van der Waals surface area contributed by atoms with E-state index in [1.807, 2.05) is 36.4 Å². The van der Waals surface area contributed by atoms with Crippen LogP contribution in [0.3, 0.4) is 0 Å². The predicted octanol–water partition coefficient (Wildman–Crippen LogP) is 3.89. The van der Waals surface area contributed by atoms with Crippen LogP contribution < -0.4 is 16.0 Å². The number of carbonyl (C=O) groups is 3. The summed E-state index contributed by atoms with van der Waals surface area (Å²) in [5.74, 6) is -0.430. The van der Waals surface area contributed by atoms with Gasteiger partial charge >= 0.3 is 12.2 Å². The van der Waals surface area contributed by atoms with Crippen LogP contribution in [0.1, 0.15) is 13.3 Å². The molecule has 158 valence electrons. The first kappa shape index (κ1) is 22.8. The van der Waals surface area contributed by atoms with Gasteiger partial charge in [-0.05, 0) is 30.3 Å². The molecule has 3 N–H and O–H groups in total. The fourth-order valence-corrected chi connectivity index (χ4v) is 3.02. The molecule has 0 aromatic heterocycles. The van der Waals surface area contributed by atoms with Crippen molar-refractivity contribution in [2.24, 2.45) is 4.99 Å². The molecular formula is C20H22N4O5S. The largest absolute Gasteiger partial charge is 0.453 e. The number of carbonyl (C=O) groups excluding carboxylic acids is 3. The molecule has 0 saturated heterocycles. The number of guanidine groups is 1. The van der Waals surface area contributed by atoms with Crippen LogP contribution in [0.4, 0.5) is 21.0 Å². The SMILES string of the molecule is CCC(=O)Nc1cc(Sc2ccccc2)ccc1N=C(NC(=O)OC)NC(=O)OC. The zero-order chi connectivity index (χ0) is 21.9. The van der Waals surface area contributed by atoms with Crippen molar-refractivity contribution < 1.29 is 23.9 Å². The van der Waals surface area contributed by atoms with E-state index in [0.29, 0.717) is 11.4 Å². The monoisotopic (exact) mass is 430 g/mol. The number of hydrogen-bond acceptors (Lipinski definition) is 7. The quantitative estimate of drug-likeness (QED) is 0.489. The van der Waals surface area contributed by atoms with Crippen LogP contribution >= 0.6 is 11.8 Å². The Hall–Kier alpha value is -3.53. The number of hydrogen-bond donors (Lipinski definition) is 3. The molecule has 0 heterocycles. The summed E-state index contributed by atoms with van der Waals surface area (Å²) in [6.07, 6.45) is -1.39. The van der Waals surface area contributed by atoms with Crippen molar-refractivity contribution in [3.05, 3.63) is 48.5 Å². The third-order valence-electron chi connectivity index (χ3n) is 3.59. The van der Waals surface area contributed by atoms with Crippen molar-refractivity contribution in [1.29, 1.82) is 0 Å². The molecule has 0 unspecified atom stereocenters. The maximum atomic E-state index is 12.0. The Bertz CT molecular complexity index is 914. The fraction of sp³-hybridized carbons (Fsp3) is 0.200. The highest BCUT2D eigenvalue weighted by atomic mass is 32.2. The lowest BCUT2D eigenvalue weighted by atomic mass is 10.2. The summed E-state index contributed by atoms with van der Waals surface area (Å²) in [6.45, 7) is 1.73. The smallest absolute Gasteiger partial charge is 0.413 e. The van der Waals surface area contributed by atoms with Crippen molar-refractivity contribution in [3.63, 3.8) is 0 Å². The molecule has 0 aliphatic rings. The summed E-state index contributed by atoms with van der Waals surface area (Å²) in [5.41, 5.74) is 0.732. The summed E-state index contributed by atoms with van der Waals surface area (Å²) in [7, 11) is 2.35. The molecular weight excluding hydrogens is 408 g/mol. The second kappa shape index (κ2) is 11.5. The zero-order valence-electron chi connectivity index (χ0n) is 16.7. The van der Waals surface area contributed by atoms with Gasteiger partial charge in [0.1, 0.15) is 0 Å². The van der Waals surface area contributed by atoms with Gasteiger partial charge in [-0.3, -0.25) is 15.4 Å². The average molecular weight is 430 g/mol. The normalized spacial score (nSPS) is 9.83. The van der Waals surface area contributed by atoms with Gasteiger partial charge in [-0.15, -0.1) is 0 Å². The first-order valence-electron chi connectivity index (χ1n) is 8.90. The standard InChI is InChI=1S/C20H22N4O5S/c1-4-17(25)21-16-12-14(30-13-8-6-5-7-9-13)10-11-15(16)22-18(23-19(26)28-2)24-20(27)29-3/h5-12H,4H2,1-3H3,(H,21,25)(H2,22,23,24,26,27). The topological polar surface area (TPSA) is 118 Å². The molecule has 0 spiro atoms. The predicted molar refractivity (Wildman–Crippen MR) is 114 cm³/mol. The number of aliphatic imine (C=N–C) groups is 1. The van der Waals surface area contributed by atoms with E-state index in [2.05, 4.69) is 30.4 Å². The van der Waals surface area contributed by atoms with Crippen molar-refractivity contribution in [3.8, 4) is 0 Å². The van der Waals surface area contributed by atoms with Gasteiger partial charge in [0.25, 0.3) is 0 Å². The van der Waals surface area contributed by atoms with Gasteiger partial charge < -0.3 is 14.8 Å². The Morgan fingerprint density at radius 2 is 1.57 bits per heavy atom. The minimum atomic E-state index is -0.833. The molecule has 0 saturated carbocycles. The Morgan fingerprint density at radius 3 is 2.13 bits per heavy atom. The fourth-order valence-electron chi connectivity index (χ4n) is 2.14. The summed E-state index contributed by atoms with van der Waals surface area (Å²) in [6, 6.07) is 15.0. The number of ether oxygens (including phenoxy) is 2. The highest BCUT2D eigenvalue weighted by Crippen LogP contribution is 2.34. The minimum Gasteiger partial charge on any atom is -0.453 e. The highest BCUT2D eigenvalue weighted by Gasteiger charge is 2.13. The molecule has 0 aliphatic carbocycles. The van der Waals surface area contributed by atoms with Crippen molar-refractivity contribution in [2.45, 2.75) is 23.1 Å². The Balaban J connectivity index is 2.40. The van der Waals surface area contributed by atoms with Gasteiger partial charge in [-0.25, -0.2) is 14.6 Å². The molecule has 0 aliphatic heterocycles. The van der Waals surface area contributed by atoms with E-state index in [4.69, 9.17) is 0 Å². The molecule has 10 heteroatoms. The number of rotatable bonds is 5. The van der Waals surface area contributed by atoms with E-state index in [1.54, 1.807) is 19.1 Å². The van der Waals surface area contributed by atoms with Gasteiger partial charge in [0.2, 0.25) is 11.9 Å². The second-order valence-corrected chi connectivity index (χ2v) is 6.84. The van der Waals surface area contributed by atoms with E-state index in [0.717, 1.165) is 9.79 Å². The first-order chi connectivity index (χ1) is 14.4. The molecule has 0 bridgehead atoms. The van der Waals surface area contributed by atoms with Crippen LogP contribution in [0, 0.1) is 0 Å². The third-order valence-corrected chi connectivity index (χ3v) is 4.58. The Labute approximate surface area is 178 Å². The van der Waals surface area contributed by atoms with Crippen LogP contribution in [-0.4, -0.2) is 38.3 Å². The van der Waals surface area contributed by atoms with E-state index >= 15 is 0 Å². The molecule has 9 nitrogen and oxygen atoms in total. The van der Waals surface area contributed by atoms with Crippen LogP contribution in [0.5, 0.6) is 0 Å². The zero-order valence-corrected chi connectivity index (χ0v) is 17.5. The maximum absolute atomic E-state index is 12.0. The molecule has 2 aromatic rings. The van der Waals surface area contributed by atoms with Crippen LogP contribution in [-0.2, 0) is 14.3 Å². The number of nitrogens with one attached hydrogen (secondary N) is 3. The minimum absolute atomic E-state index is 0.211. The average Bonchev–Trinajstić information content (AvgIpc) is 2.75. The maximum Gasteiger partial charge on any atom is 0.413 e. The molecule has 0 atom stereocenters. The molecule has 2 aromatic carbocycles. The van der Waals surface area contributed by atoms with Gasteiger partial charge in [-0.1, -0.05) is 36.9 Å². The van der Waals surface area contributed by atoms with Gasteiger partial charge in [-0.2, -0.15) is 0 Å². The number of methoxy groups -OCH3 is 2. The van der Waals surface area contributed by atoms with E-state index in [1.165, 1.54) is 26.0 Å². The Kier molecular flexibility index (Phi) is 8.70. The van der Waals surface area contributed by atoms with E-state index in [9.17, 15) is 14.4 Å². The van der Waals surface area contributed by atoms with Crippen LogP contribution in [0.15, 0.2) is 63.3 Å². The number of benzene rings is 2. The molecule has 2 rings (SSSR count). The molecule has 30 heavy (non-hydrogen) atoms. The van der Waals surface area contributed by atoms with Gasteiger partial charge in [0.15, 0.2) is 0 Å². The van der Waals surface area contributed by atoms with Gasteiger partial charge in [0.05, 0.1) is 25.6 Å². The summed E-state index contributed by atoms with van der Waals surface area (Å²) >= 11 is 1.51. The van der Waals surface area contributed by atoms with Crippen molar-refractivity contribution in [1.82, 2.24) is 10.6 Å². The second-order valence-electron chi connectivity index (χ2n) is 5.69. The number of nitrogens with zero attached hydrogens (tertiary/aromatic N) is 1. The van der Waals surface area contributed by atoms with Crippen molar-refractivity contribution in [2.75, 3.05) is 19.5 Å². The van der Waals surface area contributed by atoms with Crippen molar-refractivity contribution >= 4 is 47.2 Å². The lowest BCUT2D eigenvalue weighted by Crippen LogP contribution is -2.43. The highest BCUT2D eigenvalue weighted by molar-refractivity contribution is 7.99. The van der Waals surface area contributed by atoms with Crippen LogP contribution in [0.25, 0.3) is 0 Å². The molecule has 0 fully saturated rings. The van der Waals surface area contributed by atoms with E-state index in [-0.39, 0.29) is 18.3 Å². The third kappa shape index (κ3) is 7.13. The summed E-state index contributed by atoms with van der Waals surface area (Å²) in [4.78, 5) is 41.3. The summed E-state index contributed by atoms with van der Waals surface area (Å²) < 4.78 is 9.07. The number of anilines is 1. The lowest BCUT2D eigenvalue weighted by molar-refractivity contribution is -0.115. The van der Waals surface area contributed by atoms with E-state index < -0.39 is 12.2 Å². The lowest BCUT2D eigenvalue weighted by Gasteiger charge is -2.13. The summed E-state index contributed by atoms with van der Waals surface area (Å²) in [5, 5.41) is 7.36.